The van der Waals surface area contributed by atoms with Crippen molar-refractivity contribution in [2.45, 2.75) is 13.5 Å². The molecule has 3 rings (SSSR count). The van der Waals surface area contributed by atoms with Crippen LogP contribution in [0.2, 0.25) is 5.02 Å². The normalized spacial score (nSPS) is 10.6. The van der Waals surface area contributed by atoms with Crippen molar-refractivity contribution in [3.8, 4) is 5.88 Å². The second-order valence-corrected chi connectivity index (χ2v) is 6.42. The van der Waals surface area contributed by atoms with Crippen LogP contribution in [0.1, 0.15) is 22.8 Å². The fourth-order valence-corrected chi connectivity index (χ4v) is 3.16. The zero-order chi connectivity index (χ0) is 20.3. The Labute approximate surface area is 166 Å². The number of methoxy groups -OCH3 is 2. The van der Waals surface area contributed by atoms with Crippen LogP contribution in [0.4, 0.5) is 5.69 Å². The van der Waals surface area contributed by atoms with Gasteiger partial charge in [-0.25, -0.2) is 9.78 Å². The largest absolute Gasteiger partial charge is 0.480 e. The molecule has 2 aromatic heterocycles. The van der Waals surface area contributed by atoms with E-state index in [9.17, 15) is 9.59 Å². The van der Waals surface area contributed by atoms with Gasteiger partial charge in [-0.1, -0.05) is 11.6 Å². The molecule has 0 aliphatic rings. The monoisotopic (exact) mass is 399 g/mol. The lowest BCUT2D eigenvalue weighted by atomic mass is 10.1. The molecule has 2 heterocycles. The zero-order valence-electron chi connectivity index (χ0n) is 15.6. The van der Waals surface area contributed by atoms with Crippen LogP contribution in [-0.4, -0.2) is 36.1 Å². The lowest BCUT2D eigenvalue weighted by Gasteiger charge is -2.22. The molecular formula is C20H18ClN3O4. The third-order valence-electron chi connectivity index (χ3n) is 4.21. The number of anilines is 1. The summed E-state index contributed by atoms with van der Waals surface area (Å²) in [5.41, 5.74) is 2.19. The number of ether oxygens (including phenoxy) is 2. The van der Waals surface area contributed by atoms with E-state index in [-0.39, 0.29) is 23.9 Å². The van der Waals surface area contributed by atoms with Crippen molar-refractivity contribution < 1.29 is 19.1 Å². The van der Waals surface area contributed by atoms with Crippen LogP contribution in [0.15, 0.2) is 42.7 Å². The highest BCUT2D eigenvalue weighted by atomic mass is 35.5. The first kappa shape index (κ1) is 19.6. The van der Waals surface area contributed by atoms with Gasteiger partial charge in [-0.2, -0.15) is 0 Å². The maximum absolute atomic E-state index is 12.2. The number of halogens is 1. The maximum atomic E-state index is 12.2. The summed E-state index contributed by atoms with van der Waals surface area (Å²) in [6.45, 7) is 1.72. The van der Waals surface area contributed by atoms with Gasteiger partial charge in [0.15, 0.2) is 0 Å². The number of pyridine rings is 2. The number of esters is 1. The highest BCUT2D eigenvalue weighted by molar-refractivity contribution is 6.31. The molecular weight excluding hydrogens is 382 g/mol. The molecule has 0 radical (unpaired) electrons. The summed E-state index contributed by atoms with van der Waals surface area (Å²) in [4.78, 5) is 34.3. The molecule has 0 saturated carbocycles. The number of aromatic nitrogens is 2. The number of amides is 1. The topological polar surface area (TPSA) is 81.6 Å². The van der Waals surface area contributed by atoms with Gasteiger partial charge in [0.2, 0.25) is 11.8 Å². The van der Waals surface area contributed by atoms with Crippen molar-refractivity contribution in [1.82, 2.24) is 9.97 Å². The van der Waals surface area contributed by atoms with Crippen LogP contribution in [0.25, 0.3) is 10.9 Å². The molecule has 0 spiro atoms. The summed E-state index contributed by atoms with van der Waals surface area (Å²) in [7, 11) is 2.71. The first-order valence-corrected chi connectivity index (χ1v) is 8.76. The molecule has 0 atom stereocenters. The minimum Gasteiger partial charge on any atom is -0.480 e. The van der Waals surface area contributed by atoms with Crippen molar-refractivity contribution in [3.63, 3.8) is 0 Å². The van der Waals surface area contributed by atoms with Gasteiger partial charge in [-0.15, -0.1) is 0 Å². The Kier molecular flexibility index (Phi) is 5.75. The number of hydrogen-bond donors (Lipinski definition) is 0. The van der Waals surface area contributed by atoms with E-state index >= 15 is 0 Å². The first-order chi connectivity index (χ1) is 13.4. The summed E-state index contributed by atoms with van der Waals surface area (Å²) < 4.78 is 10.1. The van der Waals surface area contributed by atoms with Crippen LogP contribution >= 0.6 is 11.6 Å². The Morgan fingerprint density at radius 1 is 1.14 bits per heavy atom. The Bertz CT molecular complexity index is 1040. The van der Waals surface area contributed by atoms with Gasteiger partial charge in [-0.3, -0.25) is 9.78 Å². The molecule has 0 fully saturated rings. The number of hydrogen-bond acceptors (Lipinski definition) is 6. The third kappa shape index (κ3) is 3.89. The van der Waals surface area contributed by atoms with Gasteiger partial charge < -0.3 is 14.4 Å². The number of fused-ring (bicyclic) bond motifs is 1. The average molecular weight is 400 g/mol. The van der Waals surface area contributed by atoms with E-state index in [1.54, 1.807) is 47.6 Å². The number of nitrogens with zero attached hydrogens (tertiary/aromatic N) is 3. The Morgan fingerprint density at radius 3 is 2.46 bits per heavy atom. The van der Waals surface area contributed by atoms with E-state index in [2.05, 4.69) is 9.97 Å². The second kappa shape index (κ2) is 8.22. The molecule has 0 aliphatic carbocycles. The van der Waals surface area contributed by atoms with Crippen LogP contribution in [0, 0.1) is 0 Å². The maximum Gasteiger partial charge on any atom is 0.343 e. The fraction of sp³-hybridized carbons (Fsp3) is 0.200. The van der Waals surface area contributed by atoms with Crippen LogP contribution in [0.3, 0.4) is 0 Å². The molecule has 8 heteroatoms. The van der Waals surface area contributed by atoms with Crippen molar-refractivity contribution in [3.05, 3.63) is 58.9 Å². The molecule has 0 saturated heterocycles. The standard InChI is InChI=1S/C20H18ClN3O4/c1-12(25)24(16-4-6-22-7-5-16)11-14-9-15(21)8-13-10-17(20(26)28-3)19(27-2)23-18(13)14/h4-10H,11H2,1-3H3. The van der Waals surface area contributed by atoms with Crippen molar-refractivity contribution >= 4 is 40.1 Å². The SMILES string of the molecule is COC(=O)c1cc2cc(Cl)cc(CN(C(C)=O)c3ccncc3)c2nc1OC. The zero-order valence-corrected chi connectivity index (χ0v) is 16.4. The predicted molar refractivity (Wildman–Crippen MR) is 106 cm³/mol. The number of benzene rings is 1. The average Bonchev–Trinajstić information content (AvgIpc) is 2.70. The summed E-state index contributed by atoms with van der Waals surface area (Å²) >= 11 is 6.28. The molecule has 0 N–H and O–H groups in total. The minimum atomic E-state index is -0.560. The first-order valence-electron chi connectivity index (χ1n) is 8.38. The molecule has 28 heavy (non-hydrogen) atoms. The smallest absolute Gasteiger partial charge is 0.343 e. The molecule has 7 nitrogen and oxygen atoms in total. The lowest BCUT2D eigenvalue weighted by molar-refractivity contribution is -0.116. The van der Waals surface area contributed by atoms with Gasteiger partial charge >= 0.3 is 5.97 Å². The highest BCUT2D eigenvalue weighted by Crippen LogP contribution is 2.30. The lowest BCUT2D eigenvalue weighted by Crippen LogP contribution is -2.28. The Morgan fingerprint density at radius 2 is 1.86 bits per heavy atom. The summed E-state index contributed by atoms with van der Waals surface area (Å²) in [6, 6.07) is 8.55. The molecule has 144 valence electrons. The summed E-state index contributed by atoms with van der Waals surface area (Å²) in [5.74, 6) is -0.561. The summed E-state index contributed by atoms with van der Waals surface area (Å²) in [5, 5.41) is 1.10. The number of carbonyl (C=O) groups is 2. The second-order valence-electron chi connectivity index (χ2n) is 5.98. The molecule has 0 unspecified atom stereocenters. The van der Waals surface area contributed by atoms with Gasteiger partial charge in [0.25, 0.3) is 0 Å². The molecule has 1 aromatic carbocycles. The number of rotatable bonds is 5. The number of carbonyl (C=O) groups excluding carboxylic acids is 2. The van der Waals surface area contributed by atoms with E-state index in [0.29, 0.717) is 27.2 Å². The van der Waals surface area contributed by atoms with E-state index in [0.717, 1.165) is 0 Å². The highest BCUT2D eigenvalue weighted by Gasteiger charge is 2.20. The van der Waals surface area contributed by atoms with Crippen LogP contribution in [0.5, 0.6) is 5.88 Å². The predicted octanol–water partition coefficient (Wildman–Crippen LogP) is 3.63. The Hall–Kier alpha value is -3.19. The quantitative estimate of drug-likeness (QED) is 0.609. The van der Waals surface area contributed by atoms with Gasteiger partial charge in [0.1, 0.15) is 5.56 Å². The van der Waals surface area contributed by atoms with Crippen LogP contribution in [-0.2, 0) is 16.1 Å². The molecule has 1 amide bonds. The van der Waals surface area contributed by atoms with Crippen LogP contribution < -0.4 is 9.64 Å². The fourth-order valence-electron chi connectivity index (χ4n) is 2.92. The van der Waals surface area contributed by atoms with Gasteiger partial charge in [0, 0.05) is 35.4 Å². The van der Waals surface area contributed by atoms with Crippen molar-refractivity contribution in [1.29, 1.82) is 0 Å². The van der Waals surface area contributed by atoms with Crippen molar-refractivity contribution in [2.24, 2.45) is 0 Å². The van der Waals surface area contributed by atoms with Gasteiger partial charge in [-0.05, 0) is 35.9 Å². The molecule has 3 aromatic rings. The summed E-state index contributed by atoms with van der Waals surface area (Å²) in [6.07, 6.45) is 3.23. The minimum absolute atomic E-state index is 0.140. The third-order valence-corrected chi connectivity index (χ3v) is 4.43. The van der Waals surface area contributed by atoms with E-state index in [4.69, 9.17) is 21.1 Å². The molecule has 0 bridgehead atoms. The Balaban J connectivity index is 2.15. The van der Waals surface area contributed by atoms with E-state index < -0.39 is 5.97 Å². The van der Waals surface area contributed by atoms with E-state index in [1.165, 1.54) is 21.1 Å². The van der Waals surface area contributed by atoms with Crippen molar-refractivity contribution in [2.75, 3.05) is 19.1 Å². The van der Waals surface area contributed by atoms with E-state index in [1.807, 2.05) is 0 Å². The molecule has 0 aliphatic heterocycles. The van der Waals surface area contributed by atoms with Gasteiger partial charge in [0.05, 0.1) is 26.3 Å².